The van der Waals surface area contributed by atoms with Crippen LogP contribution in [0.4, 0.5) is 5.69 Å². The van der Waals surface area contributed by atoms with Gasteiger partial charge < -0.3 is 4.42 Å². The summed E-state index contributed by atoms with van der Waals surface area (Å²) in [5.41, 5.74) is 1.67. The van der Waals surface area contributed by atoms with Crippen LogP contribution in [0.1, 0.15) is 0 Å². The summed E-state index contributed by atoms with van der Waals surface area (Å²) in [5.74, 6) is 0.350. The minimum atomic E-state index is -3.69. The largest absolute Gasteiger partial charge is 0.453 e. The molecule has 0 atom stereocenters. The van der Waals surface area contributed by atoms with E-state index in [9.17, 15) is 13.2 Å². The van der Waals surface area contributed by atoms with Crippen LogP contribution < -0.4 is 10.2 Å². The highest BCUT2D eigenvalue weighted by Crippen LogP contribution is 2.26. The maximum absolute atomic E-state index is 12.4. The van der Waals surface area contributed by atoms with Crippen LogP contribution in [0.5, 0.6) is 0 Å². The Bertz CT molecular complexity index is 1200. The van der Waals surface area contributed by atoms with Gasteiger partial charge in [-0.2, -0.15) is 0 Å². The monoisotopic (exact) mass is 352 g/mol. The lowest BCUT2D eigenvalue weighted by Gasteiger charge is -2.10. The quantitative estimate of drug-likeness (QED) is 0.572. The molecule has 1 aliphatic carbocycles. The second-order valence-electron chi connectivity index (χ2n) is 5.44. The zero-order valence-electron chi connectivity index (χ0n) is 12.8. The molecule has 2 aliphatic rings. The molecule has 0 amide bonds. The number of benzene rings is 3. The molecule has 6 nitrogen and oxygen atoms in total. The predicted octanol–water partition coefficient (Wildman–Crippen LogP) is 3.09. The van der Waals surface area contributed by atoms with E-state index >= 15 is 0 Å². The Morgan fingerprint density at radius 1 is 0.920 bits per heavy atom. The van der Waals surface area contributed by atoms with Crippen LogP contribution in [0.15, 0.2) is 80.8 Å². The van der Waals surface area contributed by atoms with Crippen LogP contribution in [-0.2, 0) is 10.0 Å². The molecule has 1 aliphatic heterocycles. The van der Waals surface area contributed by atoms with Crippen molar-refractivity contribution in [2.45, 2.75) is 4.90 Å². The number of hydrogen-bond acceptors (Lipinski definition) is 5. The van der Waals surface area contributed by atoms with Gasteiger partial charge in [0.15, 0.2) is 16.8 Å². The van der Waals surface area contributed by atoms with Crippen molar-refractivity contribution in [2.75, 3.05) is 4.72 Å². The zero-order valence-corrected chi connectivity index (χ0v) is 13.7. The third-order valence-electron chi connectivity index (χ3n) is 3.66. The smallest absolute Gasteiger partial charge is 0.261 e. The van der Waals surface area contributed by atoms with Crippen molar-refractivity contribution in [3.8, 4) is 11.5 Å². The summed E-state index contributed by atoms with van der Waals surface area (Å²) in [6, 6.07) is 17.2. The molecule has 25 heavy (non-hydrogen) atoms. The summed E-state index contributed by atoms with van der Waals surface area (Å²) in [7, 11) is -3.69. The van der Waals surface area contributed by atoms with E-state index in [1.54, 1.807) is 42.5 Å². The first kappa shape index (κ1) is 15.3. The fourth-order valence-corrected chi connectivity index (χ4v) is 3.55. The minimum Gasteiger partial charge on any atom is -0.453 e. The van der Waals surface area contributed by atoms with E-state index in [0.717, 1.165) is 0 Å². The van der Waals surface area contributed by atoms with Crippen LogP contribution in [0.25, 0.3) is 22.6 Å². The molecule has 1 N–H and O–H groups in total. The Hall–Kier alpha value is -3.19. The summed E-state index contributed by atoms with van der Waals surface area (Å²) < 4.78 is 33.0. The Morgan fingerprint density at radius 2 is 1.72 bits per heavy atom. The van der Waals surface area contributed by atoms with Crippen LogP contribution in [-0.4, -0.2) is 13.4 Å². The molecule has 124 valence electrons. The van der Waals surface area contributed by atoms with E-state index in [-0.39, 0.29) is 10.3 Å². The van der Waals surface area contributed by atoms with E-state index in [4.69, 9.17) is 4.42 Å². The summed E-state index contributed by atoms with van der Waals surface area (Å²) in [6.07, 6.45) is 0. The van der Waals surface area contributed by atoms with Gasteiger partial charge in [-0.25, -0.2) is 13.4 Å². The average Bonchev–Trinajstić information content (AvgIpc) is 2.60. The molecule has 4 rings (SSSR count). The Kier molecular flexibility index (Phi) is 3.51. The molecule has 0 saturated carbocycles. The van der Waals surface area contributed by atoms with Crippen molar-refractivity contribution in [3.05, 3.63) is 77.0 Å². The van der Waals surface area contributed by atoms with Crippen molar-refractivity contribution < 1.29 is 12.8 Å². The van der Waals surface area contributed by atoms with Crippen LogP contribution in [0.3, 0.4) is 0 Å². The molecule has 0 saturated heterocycles. The van der Waals surface area contributed by atoms with Gasteiger partial charge >= 0.3 is 0 Å². The van der Waals surface area contributed by atoms with Gasteiger partial charge in [0.1, 0.15) is 11.2 Å². The molecular weight excluding hydrogens is 340 g/mol. The van der Waals surface area contributed by atoms with Crippen molar-refractivity contribution >= 4 is 26.8 Å². The fourth-order valence-electron chi connectivity index (χ4n) is 2.48. The molecule has 2 aromatic rings. The van der Waals surface area contributed by atoms with Crippen molar-refractivity contribution in [2.24, 2.45) is 0 Å². The van der Waals surface area contributed by atoms with E-state index in [1.165, 1.54) is 24.3 Å². The molecule has 0 unspecified atom stereocenters. The summed E-state index contributed by atoms with van der Waals surface area (Å²) in [4.78, 5) is 16.0. The maximum atomic E-state index is 12.4. The lowest BCUT2D eigenvalue weighted by Crippen LogP contribution is -2.12. The normalized spacial score (nSPS) is 11.7. The Morgan fingerprint density at radius 3 is 2.52 bits per heavy atom. The van der Waals surface area contributed by atoms with Crippen LogP contribution in [0.2, 0.25) is 0 Å². The third-order valence-corrected chi connectivity index (χ3v) is 5.05. The number of hydrogen-bond donors (Lipinski definition) is 1. The number of aromatic nitrogens is 1. The van der Waals surface area contributed by atoms with E-state index in [1.807, 2.05) is 0 Å². The van der Waals surface area contributed by atoms with E-state index < -0.39 is 10.0 Å². The van der Waals surface area contributed by atoms with E-state index in [0.29, 0.717) is 28.2 Å². The van der Waals surface area contributed by atoms with Gasteiger partial charge in [-0.1, -0.05) is 18.2 Å². The highest BCUT2D eigenvalue weighted by molar-refractivity contribution is 7.92. The highest BCUT2D eigenvalue weighted by atomic mass is 32.2. The van der Waals surface area contributed by atoms with Crippen molar-refractivity contribution in [3.63, 3.8) is 0 Å². The first-order valence-electron chi connectivity index (χ1n) is 7.44. The second kappa shape index (κ2) is 5.71. The Labute approximate surface area is 143 Å². The van der Waals surface area contributed by atoms with Gasteiger partial charge in [0, 0.05) is 12.1 Å². The van der Waals surface area contributed by atoms with Crippen molar-refractivity contribution in [1.29, 1.82) is 0 Å². The van der Waals surface area contributed by atoms with Gasteiger partial charge in [0.2, 0.25) is 0 Å². The SMILES string of the molecule is O=c1ccc2nc3ccc(NS(=O)(=O)c4ccccc4)cc3oc-2c1. The molecule has 0 radical (unpaired) electrons. The van der Waals surface area contributed by atoms with Gasteiger partial charge in [-0.05, 0) is 36.4 Å². The molecule has 0 aromatic heterocycles. The maximum Gasteiger partial charge on any atom is 0.261 e. The number of rotatable bonds is 3. The lowest BCUT2D eigenvalue weighted by molar-refractivity contribution is 0.601. The van der Waals surface area contributed by atoms with Crippen LogP contribution in [0, 0.1) is 0 Å². The molecule has 7 heteroatoms. The zero-order chi connectivity index (χ0) is 17.4. The first-order chi connectivity index (χ1) is 12.0. The minimum absolute atomic E-state index is 0.166. The average molecular weight is 352 g/mol. The van der Waals surface area contributed by atoms with Gasteiger partial charge in [0.25, 0.3) is 10.0 Å². The summed E-state index contributed by atoms with van der Waals surface area (Å²) in [5, 5.41) is 0. The number of nitrogens with zero attached hydrogens (tertiary/aromatic N) is 1. The number of nitrogens with one attached hydrogen (secondary N) is 1. The van der Waals surface area contributed by atoms with Gasteiger partial charge in [-0.3, -0.25) is 9.52 Å². The number of anilines is 1. The highest BCUT2D eigenvalue weighted by Gasteiger charge is 2.15. The van der Waals surface area contributed by atoms with Gasteiger partial charge in [0.05, 0.1) is 10.6 Å². The van der Waals surface area contributed by atoms with E-state index in [2.05, 4.69) is 9.71 Å². The fraction of sp³-hybridized carbons (Fsp3) is 0. The number of sulfonamides is 1. The summed E-state index contributed by atoms with van der Waals surface area (Å²) in [6.45, 7) is 0. The van der Waals surface area contributed by atoms with Gasteiger partial charge in [-0.15, -0.1) is 0 Å². The molecular formula is C18H12N2O4S. The first-order valence-corrected chi connectivity index (χ1v) is 8.92. The topological polar surface area (TPSA) is 89.3 Å². The lowest BCUT2D eigenvalue weighted by atomic mass is 10.2. The second-order valence-corrected chi connectivity index (χ2v) is 7.13. The van der Waals surface area contributed by atoms with Crippen LogP contribution >= 0.6 is 0 Å². The predicted molar refractivity (Wildman–Crippen MR) is 94.2 cm³/mol. The summed E-state index contributed by atoms with van der Waals surface area (Å²) >= 11 is 0. The molecule has 0 spiro atoms. The molecule has 0 fully saturated rings. The third kappa shape index (κ3) is 2.97. The Balaban J connectivity index is 1.78. The molecule has 2 aromatic carbocycles. The molecule has 0 bridgehead atoms. The van der Waals surface area contributed by atoms with Crippen molar-refractivity contribution in [1.82, 2.24) is 4.98 Å². The standard InChI is InChI=1S/C18H12N2O4S/c21-13-7-9-16-18(11-13)24-17-10-12(6-8-15(17)19-16)20-25(22,23)14-4-2-1-3-5-14/h1-11,20H. The number of fused-ring (bicyclic) bond motifs is 2. The molecule has 1 heterocycles.